The first-order chi connectivity index (χ1) is 10.6. The quantitative estimate of drug-likeness (QED) is 0.666. The Morgan fingerprint density at radius 3 is 2.77 bits per heavy atom. The number of halogens is 1. The Morgan fingerprint density at radius 2 is 2.09 bits per heavy atom. The van der Waals surface area contributed by atoms with Crippen molar-refractivity contribution in [1.29, 1.82) is 0 Å². The summed E-state index contributed by atoms with van der Waals surface area (Å²) in [6, 6.07) is 8.41. The predicted octanol–water partition coefficient (Wildman–Crippen LogP) is 2.88. The second-order valence-corrected chi connectivity index (χ2v) is 5.55. The van der Waals surface area contributed by atoms with E-state index < -0.39 is 11.8 Å². The smallest absolute Gasteiger partial charge is 0.273 e. The van der Waals surface area contributed by atoms with Gasteiger partial charge in [0.2, 0.25) is 0 Å². The molecule has 0 saturated carbocycles. The van der Waals surface area contributed by atoms with Crippen LogP contribution in [-0.4, -0.2) is 18.9 Å². The topological polar surface area (TPSA) is 67.4 Å². The fraction of sp³-hybridized carbons (Fsp3) is 0.0667. The van der Waals surface area contributed by atoms with E-state index in [1.54, 1.807) is 18.2 Å². The maximum Gasteiger partial charge on any atom is 0.273 e. The molecule has 1 aromatic heterocycles. The van der Waals surface area contributed by atoms with Crippen molar-refractivity contribution in [3.8, 4) is 5.75 Å². The van der Waals surface area contributed by atoms with Crippen LogP contribution in [0.2, 0.25) is 5.02 Å². The van der Waals surface area contributed by atoms with Crippen molar-refractivity contribution in [3.05, 3.63) is 57.3 Å². The minimum atomic E-state index is -0.516. The van der Waals surface area contributed by atoms with Gasteiger partial charge in [0.05, 0.1) is 12.7 Å². The van der Waals surface area contributed by atoms with E-state index in [1.807, 2.05) is 17.5 Å². The summed E-state index contributed by atoms with van der Waals surface area (Å²) in [5.41, 5.74) is 4.83. The van der Waals surface area contributed by atoms with Gasteiger partial charge in [-0.2, -0.15) is 0 Å². The molecule has 0 aliphatic rings. The van der Waals surface area contributed by atoms with Gasteiger partial charge in [0.25, 0.3) is 11.8 Å². The van der Waals surface area contributed by atoms with Crippen LogP contribution in [0.15, 0.2) is 41.8 Å². The average molecular weight is 337 g/mol. The number of carbonyl (C=O) groups is 2. The predicted molar refractivity (Wildman–Crippen MR) is 87.0 cm³/mol. The third-order valence-electron chi connectivity index (χ3n) is 2.65. The Kier molecular flexibility index (Phi) is 5.57. The van der Waals surface area contributed by atoms with E-state index in [1.165, 1.54) is 30.6 Å². The molecule has 7 heteroatoms. The first-order valence-electron chi connectivity index (χ1n) is 6.25. The number of methoxy groups -OCH3 is 1. The number of hydrogen-bond donors (Lipinski definition) is 2. The second-order valence-electron chi connectivity index (χ2n) is 4.14. The lowest BCUT2D eigenvalue weighted by molar-refractivity contribution is -0.117. The van der Waals surface area contributed by atoms with Crippen LogP contribution < -0.4 is 15.6 Å². The summed E-state index contributed by atoms with van der Waals surface area (Å²) in [6.45, 7) is 0. The number of carbonyl (C=O) groups excluding carboxylic acids is 2. The maximum absolute atomic E-state index is 12.0. The Hall–Kier alpha value is -2.31. The number of rotatable bonds is 4. The highest BCUT2D eigenvalue weighted by molar-refractivity contribution is 7.10. The summed E-state index contributed by atoms with van der Waals surface area (Å²) in [6.07, 6.45) is 2.99. The highest BCUT2D eigenvalue weighted by atomic mass is 35.5. The Labute approximate surface area is 136 Å². The number of ether oxygens (including phenoxy) is 1. The molecular weight excluding hydrogens is 324 g/mol. The van der Waals surface area contributed by atoms with Crippen LogP contribution in [0.5, 0.6) is 5.75 Å². The number of thiophene rings is 1. The summed E-state index contributed by atoms with van der Waals surface area (Å²) in [5, 5.41) is 2.31. The van der Waals surface area contributed by atoms with Crippen LogP contribution in [0, 0.1) is 0 Å². The second kappa shape index (κ2) is 7.63. The molecule has 0 bridgehead atoms. The van der Waals surface area contributed by atoms with Gasteiger partial charge in [-0.25, -0.2) is 0 Å². The molecule has 1 aromatic carbocycles. The molecular formula is C15H13ClN2O3S. The first kappa shape index (κ1) is 16.1. The fourth-order valence-electron chi connectivity index (χ4n) is 1.63. The summed E-state index contributed by atoms with van der Waals surface area (Å²) in [4.78, 5) is 24.6. The molecule has 0 spiro atoms. The monoisotopic (exact) mass is 336 g/mol. The van der Waals surface area contributed by atoms with Crippen molar-refractivity contribution >= 4 is 40.8 Å². The van der Waals surface area contributed by atoms with Crippen molar-refractivity contribution in [3.63, 3.8) is 0 Å². The number of hydrogen-bond acceptors (Lipinski definition) is 4. The molecule has 0 unspecified atom stereocenters. The normalized spacial score (nSPS) is 10.5. The molecule has 2 rings (SSSR count). The SMILES string of the molecule is COc1ccc(Cl)cc1C(=O)NNC(=O)/C=C/c1cccs1. The van der Waals surface area contributed by atoms with Crippen LogP contribution in [0.3, 0.4) is 0 Å². The van der Waals surface area contributed by atoms with E-state index in [0.29, 0.717) is 10.8 Å². The van der Waals surface area contributed by atoms with E-state index in [9.17, 15) is 9.59 Å². The Balaban J connectivity index is 1.95. The van der Waals surface area contributed by atoms with Crippen molar-refractivity contribution in [2.24, 2.45) is 0 Å². The lowest BCUT2D eigenvalue weighted by atomic mass is 10.2. The maximum atomic E-state index is 12.0. The third kappa shape index (κ3) is 4.34. The Morgan fingerprint density at radius 1 is 1.27 bits per heavy atom. The molecule has 2 N–H and O–H groups in total. The molecule has 5 nitrogen and oxygen atoms in total. The average Bonchev–Trinajstić information content (AvgIpc) is 3.04. The van der Waals surface area contributed by atoms with Crippen molar-refractivity contribution in [1.82, 2.24) is 10.9 Å². The van der Waals surface area contributed by atoms with Gasteiger partial charge in [-0.1, -0.05) is 17.7 Å². The number of benzene rings is 1. The molecule has 2 amide bonds. The Bertz CT molecular complexity index is 699. The lowest BCUT2D eigenvalue weighted by Gasteiger charge is -2.09. The molecule has 0 saturated heterocycles. The van der Waals surface area contributed by atoms with Crippen molar-refractivity contribution in [2.45, 2.75) is 0 Å². The summed E-state index contributed by atoms with van der Waals surface area (Å²) < 4.78 is 5.08. The highest BCUT2D eigenvalue weighted by Crippen LogP contribution is 2.22. The lowest BCUT2D eigenvalue weighted by Crippen LogP contribution is -2.40. The fourth-order valence-corrected chi connectivity index (χ4v) is 2.42. The molecule has 22 heavy (non-hydrogen) atoms. The highest BCUT2D eigenvalue weighted by Gasteiger charge is 2.13. The minimum Gasteiger partial charge on any atom is -0.496 e. The van der Waals surface area contributed by atoms with Gasteiger partial charge in [-0.3, -0.25) is 20.4 Å². The molecule has 0 aliphatic heterocycles. The first-order valence-corrected chi connectivity index (χ1v) is 7.51. The van der Waals surface area contributed by atoms with Crippen LogP contribution in [0.4, 0.5) is 0 Å². The molecule has 1 heterocycles. The number of amides is 2. The van der Waals surface area contributed by atoms with Crippen LogP contribution >= 0.6 is 22.9 Å². The number of nitrogens with one attached hydrogen (secondary N) is 2. The van der Waals surface area contributed by atoms with Crippen molar-refractivity contribution < 1.29 is 14.3 Å². The van der Waals surface area contributed by atoms with E-state index in [4.69, 9.17) is 16.3 Å². The van der Waals surface area contributed by atoms with Crippen LogP contribution in [0.25, 0.3) is 6.08 Å². The van der Waals surface area contributed by atoms with Gasteiger partial charge in [-0.05, 0) is 35.7 Å². The van der Waals surface area contributed by atoms with E-state index in [-0.39, 0.29) is 5.56 Å². The summed E-state index contributed by atoms with van der Waals surface area (Å²) >= 11 is 7.36. The standard InChI is InChI=1S/C15H13ClN2O3S/c1-21-13-6-4-10(16)9-12(13)15(20)18-17-14(19)7-5-11-3-2-8-22-11/h2-9H,1H3,(H,17,19)(H,18,20)/b7-5+. The van der Waals surface area contributed by atoms with E-state index in [0.717, 1.165) is 4.88 Å². The molecule has 0 fully saturated rings. The van der Waals surface area contributed by atoms with Crippen LogP contribution in [-0.2, 0) is 4.79 Å². The minimum absolute atomic E-state index is 0.234. The zero-order chi connectivity index (χ0) is 15.9. The summed E-state index contributed by atoms with van der Waals surface area (Å²) in [7, 11) is 1.45. The van der Waals surface area contributed by atoms with Gasteiger partial charge < -0.3 is 4.74 Å². The molecule has 0 aliphatic carbocycles. The zero-order valence-corrected chi connectivity index (χ0v) is 13.2. The largest absolute Gasteiger partial charge is 0.496 e. The van der Waals surface area contributed by atoms with E-state index >= 15 is 0 Å². The van der Waals surface area contributed by atoms with Gasteiger partial charge in [-0.15, -0.1) is 11.3 Å². The van der Waals surface area contributed by atoms with Gasteiger partial charge in [0.1, 0.15) is 5.75 Å². The van der Waals surface area contributed by atoms with Gasteiger partial charge in [0.15, 0.2) is 0 Å². The summed E-state index contributed by atoms with van der Waals surface area (Å²) in [5.74, 6) is -0.592. The molecule has 0 radical (unpaired) electrons. The third-order valence-corrected chi connectivity index (χ3v) is 3.72. The number of hydrazine groups is 1. The van der Waals surface area contributed by atoms with Gasteiger partial charge in [0, 0.05) is 16.0 Å². The van der Waals surface area contributed by atoms with E-state index in [2.05, 4.69) is 10.9 Å². The van der Waals surface area contributed by atoms with Crippen molar-refractivity contribution in [2.75, 3.05) is 7.11 Å². The molecule has 2 aromatic rings. The van der Waals surface area contributed by atoms with Gasteiger partial charge >= 0.3 is 0 Å². The van der Waals surface area contributed by atoms with Crippen LogP contribution in [0.1, 0.15) is 15.2 Å². The molecule has 114 valence electrons. The zero-order valence-electron chi connectivity index (χ0n) is 11.6. The molecule has 0 atom stereocenters.